The van der Waals surface area contributed by atoms with E-state index in [4.69, 9.17) is 9.47 Å². The Bertz CT molecular complexity index is 1260. The van der Waals surface area contributed by atoms with Crippen LogP contribution in [-0.2, 0) is 33.9 Å². The largest absolute Gasteiger partial charge is 0.489 e. The maximum absolute atomic E-state index is 13.8. The third-order valence-corrected chi connectivity index (χ3v) is 6.86. The molecule has 37 heavy (non-hydrogen) atoms. The molecule has 1 unspecified atom stereocenters. The summed E-state index contributed by atoms with van der Waals surface area (Å²) in [6.07, 6.45) is -2.82. The number of nitrogens with zero attached hydrogens (tertiary/aromatic N) is 1. The highest BCUT2D eigenvalue weighted by Gasteiger charge is 2.48. The molecule has 0 aromatic heterocycles. The van der Waals surface area contributed by atoms with Gasteiger partial charge in [-0.25, -0.2) is 13.6 Å². The fourth-order valence-corrected chi connectivity index (χ4v) is 4.86. The molecule has 3 aromatic rings. The lowest BCUT2D eigenvalue weighted by molar-refractivity contribution is -0.193. The molecule has 6 nitrogen and oxygen atoms in total. The molecule has 1 aliphatic carbocycles. The van der Waals surface area contributed by atoms with Gasteiger partial charge in [-0.3, -0.25) is 4.79 Å². The van der Waals surface area contributed by atoms with Gasteiger partial charge >= 0.3 is 5.97 Å². The first-order valence-corrected chi connectivity index (χ1v) is 12.2. The maximum Gasteiger partial charge on any atom is 0.326 e. The lowest BCUT2D eigenvalue weighted by Crippen LogP contribution is -2.51. The molecule has 1 saturated carbocycles. The number of carboxylic acids is 1. The van der Waals surface area contributed by atoms with Crippen LogP contribution < -0.4 is 4.74 Å². The minimum absolute atomic E-state index is 0.0428. The molecule has 0 saturated heterocycles. The SMILES string of the molecule is O=C(O)[C@@H]1Cc2c(cccc2OCc2ccccc2)CN1C(=O)C(OC1CC(F)(F)C1)c1ccccc1. The second-order valence-corrected chi connectivity index (χ2v) is 9.51. The Morgan fingerprint density at radius 1 is 0.973 bits per heavy atom. The van der Waals surface area contributed by atoms with E-state index in [1.165, 1.54) is 4.90 Å². The molecule has 3 aromatic carbocycles. The Morgan fingerprint density at radius 3 is 2.30 bits per heavy atom. The Kier molecular flexibility index (Phi) is 6.93. The zero-order valence-electron chi connectivity index (χ0n) is 20.1. The van der Waals surface area contributed by atoms with E-state index in [9.17, 15) is 23.5 Å². The van der Waals surface area contributed by atoms with Crippen LogP contribution in [0.3, 0.4) is 0 Å². The van der Waals surface area contributed by atoms with Crippen molar-refractivity contribution < 1.29 is 33.0 Å². The van der Waals surface area contributed by atoms with Crippen LogP contribution in [0.4, 0.5) is 8.78 Å². The van der Waals surface area contributed by atoms with Crippen LogP contribution >= 0.6 is 0 Å². The minimum atomic E-state index is -2.81. The third kappa shape index (κ3) is 5.49. The molecule has 0 radical (unpaired) electrons. The molecule has 1 fully saturated rings. The summed E-state index contributed by atoms with van der Waals surface area (Å²) in [6.45, 7) is 0.370. The standard InChI is InChI=1S/C29H27F2NO5/c30-29(31)15-22(16-29)37-26(20-10-5-2-6-11-20)27(33)32-17-21-12-7-13-25(23(21)14-24(32)28(34)35)36-18-19-8-3-1-4-9-19/h1-13,22,24,26H,14-18H2,(H,34,35)/t24-,26?/m0/s1. The van der Waals surface area contributed by atoms with Gasteiger partial charge < -0.3 is 19.5 Å². The number of alkyl halides is 2. The summed E-state index contributed by atoms with van der Waals surface area (Å²) >= 11 is 0. The number of benzene rings is 3. The number of halogens is 2. The Hall–Kier alpha value is -3.78. The first-order chi connectivity index (χ1) is 17.8. The number of carbonyl (C=O) groups excluding carboxylic acids is 1. The average molecular weight is 508 g/mol. The molecule has 1 aliphatic heterocycles. The first kappa shape index (κ1) is 24.9. The zero-order valence-corrected chi connectivity index (χ0v) is 20.1. The summed E-state index contributed by atoms with van der Waals surface area (Å²) in [5, 5.41) is 10.1. The molecule has 1 heterocycles. The van der Waals surface area contributed by atoms with Crippen LogP contribution in [0.5, 0.6) is 5.75 Å². The number of hydrogen-bond donors (Lipinski definition) is 1. The van der Waals surface area contributed by atoms with Gasteiger partial charge in [0.15, 0.2) is 6.10 Å². The van der Waals surface area contributed by atoms with Crippen molar-refractivity contribution in [3.05, 3.63) is 101 Å². The Balaban J connectivity index is 1.40. The monoisotopic (exact) mass is 507 g/mol. The van der Waals surface area contributed by atoms with Gasteiger partial charge in [0, 0.05) is 31.4 Å². The average Bonchev–Trinajstić information content (AvgIpc) is 2.89. The van der Waals surface area contributed by atoms with Crippen molar-refractivity contribution in [2.75, 3.05) is 0 Å². The van der Waals surface area contributed by atoms with Crippen molar-refractivity contribution in [2.45, 2.75) is 56.6 Å². The molecular weight excluding hydrogens is 480 g/mol. The van der Waals surface area contributed by atoms with Gasteiger partial charge in [-0.15, -0.1) is 0 Å². The molecule has 8 heteroatoms. The highest BCUT2D eigenvalue weighted by molar-refractivity contribution is 5.88. The number of rotatable bonds is 8. The summed E-state index contributed by atoms with van der Waals surface area (Å²) in [7, 11) is 0. The number of carbonyl (C=O) groups is 2. The Morgan fingerprint density at radius 2 is 1.65 bits per heavy atom. The van der Waals surface area contributed by atoms with Crippen molar-refractivity contribution in [1.29, 1.82) is 0 Å². The van der Waals surface area contributed by atoms with E-state index in [1.807, 2.05) is 42.5 Å². The Labute approximate surface area is 213 Å². The predicted octanol–water partition coefficient (Wildman–Crippen LogP) is 5.16. The molecule has 0 spiro atoms. The van der Waals surface area contributed by atoms with Gasteiger partial charge in [0.2, 0.25) is 0 Å². The molecular formula is C29H27F2NO5. The van der Waals surface area contributed by atoms with Crippen LogP contribution in [0.1, 0.15) is 41.2 Å². The molecule has 192 valence electrons. The lowest BCUT2D eigenvalue weighted by atomic mass is 9.90. The van der Waals surface area contributed by atoms with Crippen LogP contribution in [0.25, 0.3) is 0 Å². The maximum atomic E-state index is 13.8. The lowest BCUT2D eigenvalue weighted by Gasteiger charge is -2.40. The number of ether oxygens (including phenoxy) is 2. The van der Waals surface area contributed by atoms with Gasteiger partial charge in [0.05, 0.1) is 6.10 Å². The van der Waals surface area contributed by atoms with E-state index in [1.54, 1.807) is 36.4 Å². The normalized spacial score (nSPS) is 19.4. The molecule has 5 rings (SSSR count). The van der Waals surface area contributed by atoms with Crippen molar-refractivity contribution in [1.82, 2.24) is 4.90 Å². The van der Waals surface area contributed by atoms with Crippen LogP contribution in [0.15, 0.2) is 78.9 Å². The highest BCUT2D eigenvalue weighted by atomic mass is 19.3. The van der Waals surface area contributed by atoms with Crippen molar-refractivity contribution in [3.63, 3.8) is 0 Å². The molecule has 1 amide bonds. The van der Waals surface area contributed by atoms with E-state index < -0.39 is 48.9 Å². The summed E-state index contributed by atoms with van der Waals surface area (Å²) in [4.78, 5) is 27.4. The summed E-state index contributed by atoms with van der Waals surface area (Å²) in [5.74, 6) is -3.94. The highest BCUT2D eigenvalue weighted by Crippen LogP contribution is 2.42. The molecule has 2 atom stereocenters. The van der Waals surface area contributed by atoms with Crippen molar-refractivity contribution >= 4 is 11.9 Å². The zero-order chi connectivity index (χ0) is 26.0. The number of amides is 1. The number of carboxylic acid groups (broad SMARTS) is 1. The second-order valence-electron chi connectivity index (χ2n) is 9.51. The number of aliphatic carboxylic acids is 1. The van der Waals surface area contributed by atoms with E-state index in [-0.39, 0.29) is 13.0 Å². The third-order valence-electron chi connectivity index (χ3n) is 6.86. The molecule has 2 aliphatic rings. The second kappa shape index (κ2) is 10.3. The molecule has 0 bridgehead atoms. The van der Waals surface area contributed by atoms with Crippen molar-refractivity contribution in [2.24, 2.45) is 0 Å². The van der Waals surface area contributed by atoms with Gasteiger partial charge in [0.1, 0.15) is 18.4 Å². The van der Waals surface area contributed by atoms with E-state index in [0.29, 0.717) is 17.9 Å². The van der Waals surface area contributed by atoms with Crippen LogP contribution in [0.2, 0.25) is 0 Å². The fraction of sp³-hybridized carbons (Fsp3) is 0.310. The van der Waals surface area contributed by atoms with Gasteiger partial charge in [-0.2, -0.15) is 0 Å². The molecule has 1 N–H and O–H groups in total. The first-order valence-electron chi connectivity index (χ1n) is 12.2. The number of fused-ring (bicyclic) bond motifs is 1. The van der Waals surface area contributed by atoms with Crippen LogP contribution in [0, 0.1) is 0 Å². The predicted molar refractivity (Wildman–Crippen MR) is 131 cm³/mol. The van der Waals surface area contributed by atoms with Gasteiger partial charge in [-0.1, -0.05) is 72.8 Å². The quantitative estimate of drug-likeness (QED) is 0.456. The van der Waals surface area contributed by atoms with E-state index >= 15 is 0 Å². The summed E-state index contributed by atoms with van der Waals surface area (Å²) < 4.78 is 38.8. The van der Waals surface area contributed by atoms with E-state index in [0.717, 1.165) is 16.7 Å². The minimum Gasteiger partial charge on any atom is -0.489 e. The van der Waals surface area contributed by atoms with Crippen molar-refractivity contribution in [3.8, 4) is 5.75 Å². The summed E-state index contributed by atoms with van der Waals surface area (Å²) in [6, 6.07) is 22.5. The van der Waals surface area contributed by atoms with Gasteiger partial charge in [-0.05, 0) is 22.8 Å². The smallest absolute Gasteiger partial charge is 0.326 e. The fourth-order valence-electron chi connectivity index (χ4n) is 4.86. The number of hydrogen-bond acceptors (Lipinski definition) is 4. The van der Waals surface area contributed by atoms with E-state index in [2.05, 4.69) is 0 Å². The van der Waals surface area contributed by atoms with Crippen LogP contribution in [-0.4, -0.2) is 40.0 Å². The van der Waals surface area contributed by atoms with Gasteiger partial charge in [0.25, 0.3) is 11.8 Å². The topological polar surface area (TPSA) is 76.1 Å². The summed E-state index contributed by atoms with van der Waals surface area (Å²) in [5.41, 5.74) is 2.99.